The second-order valence-corrected chi connectivity index (χ2v) is 2.97. The summed E-state index contributed by atoms with van der Waals surface area (Å²) in [5.74, 6) is -0.860. The third-order valence-electron chi connectivity index (χ3n) is 2.33. The van der Waals surface area contributed by atoms with Crippen LogP contribution in [0.1, 0.15) is 26.2 Å². The van der Waals surface area contributed by atoms with E-state index in [1.807, 2.05) is 0 Å². The Labute approximate surface area is 72.4 Å². The van der Waals surface area contributed by atoms with Crippen LogP contribution in [-0.2, 0) is 4.79 Å². The summed E-state index contributed by atoms with van der Waals surface area (Å²) >= 11 is 0. The standard InChI is InChI=1S/C8H17NO3/c1-2-8(6-9,7(11)12)4-3-5-10/h10H,2-6,9H2,1H3,(H,11,12). The largest absolute Gasteiger partial charge is 0.481 e. The molecule has 0 fully saturated rings. The zero-order chi connectivity index (χ0) is 9.61. The Morgan fingerprint density at radius 2 is 2.17 bits per heavy atom. The minimum absolute atomic E-state index is 0.0228. The summed E-state index contributed by atoms with van der Waals surface area (Å²) < 4.78 is 0. The molecule has 1 atom stereocenters. The molecule has 0 aliphatic carbocycles. The first-order valence-electron chi connectivity index (χ1n) is 4.17. The van der Waals surface area contributed by atoms with Gasteiger partial charge in [-0.25, -0.2) is 0 Å². The van der Waals surface area contributed by atoms with E-state index in [4.69, 9.17) is 15.9 Å². The average molecular weight is 175 g/mol. The minimum atomic E-state index is -0.860. The molecule has 0 aromatic heterocycles. The Morgan fingerprint density at radius 3 is 2.42 bits per heavy atom. The Morgan fingerprint density at radius 1 is 1.58 bits per heavy atom. The molecule has 0 rings (SSSR count). The van der Waals surface area contributed by atoms with Crippen molar-refractivity contribution in [2.75, 3.05) is 13.2 Å². The van der Waals surface area contributed by atoms with Crippen molar-refractivity contribution in [3.05, 3.63) is 0 Å². The van der Waals surface area contributed by atoms with Gasteiger partial charge in [0.15, 0.2) is 0 Å². The second kappa shape index (κ2) is 5.11. The highest BCUT2D eigenvalue weighted by Crippen LogP contribution is 2.26. The zero-order valence-corrected chi connectivity index (χ0v) is 7.42. The van der Waals surface area contributed by atoms with Crippen molar-refractivity contribution in [1.29, 1.82) is 0 Å². The first-order chi connectivity index (χ1) is 5.63. The monoisotopic (exact) mass is 175 g/mol. The number of hydrogen-bond donors (Lipinski definition) is 3. The number of aliphatic hydroxyl groups is 1. The lowest BCUT2D eigenvalue weighted by atomic mass is 9.81. The van der Waals surface area contributed by atoms with Gasteiger partial charge in [0.1, 0.15) is 0 Å². The third-order valence-corrected chi connectivity index (χ3v) is 2.33. The molecule has 0 aliphatic rings. The number of aliphatic hydroxyl groups excluding tert-OH is 1. The van der Waals surface area contributed by atoms with E-state index in [1.54, 1.807) is 6.92 Å². The van der Waals surface area contributed by atoms with Crippen LogP contribution in [0.5, 0.6) is 0 Å². The van der Waals surface area contributed by atoms with Crippen molar-refractivity contribution < 1.29 is 15.0 Å². The molecule has 0 aliphatic heterocycles. The molecule has 0 heterocycles. The van der Waals surface area contributed by atoms with Crippen molar-refractivity contribution in [2.45, 2.75) is 26.2 Å². The lowest BCUT2D eigenvalue weighted by Gasteiger charge is -2.25. The molecule has 0 amide bonds. The van der Waals surface area contributed by atoms with Gasteiger partial charge in [0, 0.05) is 13.2 Å². The lowest BCUT2D eigenvalue weighted by Crippen LogP contribution is -2.38. The van der Waals surface area contributed by atoms with E-state index < -0.39 is 11.4 Å². The van der Waals surface area contributed by atoms with Gasteiger partial charge in [-0.15, -0.1) is 0 Å². The summed E-state index contributed by atoms with van der Waals surface area (Å²) in [5, 5.41) is 17.5. The van der Waals surface area contributed by atoms with Crippen molar-refractivity contribution in [3.63, 3.8) is 0 Å². The summed E-state index contributed by atoms with van der Waals surface area (Å²) in [5.41, 5.74) is 4.57. The topological polar surface area (TPSA) is 83.5 Å². The van der Waals surface area contributed by atoms with E-state index in [9.17, 15) is 4.79 Å². The SMILES string of the molecule is CCC(CN)(CCCO)C(=O)O. The molecular formula is C8H17NO3. The molecule has 1 unspecified atom stereocenters. The highest BCUT2D eigenvalue weighted by atomic mass is 16.4. The summed E-state index contributed by atoms with van der Waals surface area (Å²) in [6.07, 6.45) is 1.46. The van der Waals surface area contributed by atoms with E-state index >= 15 is 0 Å². The van der Waals surface area contributed by atoms with Crippen LogP contribution in [0.15, 0.2) is 0 Å². The van der Waals surface area contributed by atoms with Gasteiger partial charge < -0.3 is 15.9 Å². The Hall–Kier alpha value is -0.610. The molecule has 12 heavy (non-hydrogen) atoms. The van der Waals surface area contributed by atoms with E-state index in [2.05, 4.69) is 0 Å². The second-order valence-electron chi connectivity index (χ2n) is 2.97. The molecule has 4 N–H and O–H groups in total. The highest BCUT2D eigenvalue weighted by Gasteiger charge is 2.34. The molecule has 0 saturated heterocycles. The Bertz CT molecular complexity index is 143. The van der Waals surface area contributed by atoms with Gasteiger partial charge in [-0.2, -0.15) is 0 Å². The molecule has 4 heteroatoms. The number of carboxylic acids is 1. The van der Waals surface area contributed by atoms with Crippen molar-refractivity contribution in [2.24, 2.45) is 11.1 Å². The van der Waals surface area contributed by atoms with E-state index in [0.717, 1.165) is 0 Å². The van der Waals surface area contributed by atoms with E-state index in [-0.39, 0.29) is 13.2 Å². The van der Waals surface area contributed by atoms with Gasteiger partial charge in [0.2, 0.25) is 0 Å². The van der Waals surface area contributed by atoms with Crippen LogP contribution >= 0.6 is 0 Å². The van der Waals surface area contributed by atoms with Gasteiger partial charge in [0.05, 0.1) is 5.41 Å². The Kier molecular flexibility index (Phi) is 4.85. The fourth-order valence-corrected chi connectivity index (χ4v) is 1.19. The van der Waals surface area contributed by atoms with Gasteiger partial charge in [0.25, 0.3) is 0 Å². The smallest absolute Gasteiger partial charge is 0.310 e. The first-order valence-corrected chi connectivity index (χ1v) is 4.17. The molecule has 0 bridgehead atoms. The van der Waals surface area contributed by atoms with Crippen LogP contribution in [0.2, 0.25) is 0 Å². The number of aliphatic carboxylic acids is 1. The van der Waals surface area contributed by atoms with Crippen molar-refractivity contribution in [3.8, 4) is 0 Å². The van der Waals surface area contributed by atoms with E-state index in [0.29, 0.717) is 19.3 Å². The molecule has 0 aromatic rings. The summed E-state index contributed by atoms with van der Waals surface area (Å²) in [7, 11) is 0. The number of carboxylic acid groups (broad SMARTS) is 1. The predicted octanol–water partition coefficient (Wildman–Crippen LogP) is 0.199. The van der Waals surface area contributed by atoms with Crippen molar-refractivity contribution >= 4 is 5.97 Å². The summed E-state index contributed by atoms with van der Waals surface area (Å²) in [6, 6.07) is 0. The van der Waals surface area contributed by atoms with Crippen LogP contribution in [0, 0.1) is 5.41 Å². The normalized spacial score (nSPS) is 15.6. The van der Waals surface area contributed by atoms with E-state index in [1.165, 1.54) is 0 Å². The van der Waals surface area contributed by atoms with Crippen LogP contribution < -0.4 is 5.73 Å². The molecule has 0 radical (unpaired) electrons. The minimum Gasteiger partial charge on any atom is -0.481 e. The summed E-state index contributed by atoms with van der Waals surface area (Å²) in [4.78, 5) is 10.8. The van der Waals surface area contributed by atoms with Gasteiger partial charge in [-0.1, -0.05) is 6.92 Å². The van der Waals surface area contributed by atoms with Gasteiger partial charge in [-0.05, 0) is 19.3 Å². The Balaban J connectivity index is 4.25. The van der Waals surface area contributed by atoms with Crippen LogP contribution in [0.25, 0.3) is 0 Å². The van der Waals surface area contributed by atoms with Crippen LogP contribution in [0.3, 0.4) is 0 Å². The molecule has 0 aromatic carbocycles. The first kappa shape index (κ1) is 11.4. The maximum Gasteiger partial charge on any atom is 0.310 e. The van der Waals surface area contributed by atoms with Crippen molar-refractivity contribution in [1.82, 2.24) is 0 Å². The molecule has 4 nitrogen and oxygen atoms in total. The van der Waals surface area contributed by atoms with Crippen LogP contribution in [-0.4, -0.2) is 29.3 Å². The number of hydrogen-bond acceptors (Lipinski definition) is 3. The molecule has 72 valence electrons. The van der Waals surface area contributed by atoms with Gasteiger partial charge in [-0.3, -0.25) is 4.79 Å². The highest BCUT2D eigenvalue weighted by molar-refractivity contribution is 5.74. The number of rotatable bonds is 6. The number of nitrogens with two attached hydrogens (primary N) is 1. The third kappa shape index (κ3) is 2.46. The van der Waals surface area contributed by atoms with Crippen LogP contribution in [0.4, 0.5) is 0 Å². The number of carbonyl (C=O) groups is 1. The van der Waals surface area contributed by atoms with Gasteiger partial charge >= 0.3 is 5.97 Å². The average Bonchev–Trinajstić information content (AvgIpc) is 2.07. The molecule has 0 saturated carbocycles. The maximum absolute atomic E-state index is 10.8. The predicted molar refractivity (Wildman–Crippen MR) is 45.7 cm³/mol. The summed E-state index contributed by atoms with van der Waals surface area (Å²) in [6.45, 7) is 1.96. The molecule has 0 spiro atoms. The molecular weight excluding hydrogens is 158 g/mol. The maximum atomic E-state index is 10.8. The fourth-order valence-electron chi connectivity index (χ4n) is 1.19. The fraction of sp³-hybridized carbons (Fsp3) is 0.875. The quantitative estimate of drug-likeness (QED) is 0.538. The lowest BCUT2D eigenvalue weighted by molar-refractivity contribution is -0.149. The zero-order valence-electron chi connectivity index (χ0n) is 7.42.